The first-order valence-corrected chi connectivity index (χ1v) is 9.17. The molecule has 0 aromatic rings. The molecular formula is C12H28O3Si. The molecule has 16 heavy (non-hydrogen) atoms. The summed E-state index contributed by atoms with van der Waals surface area (Å²) >= 11 is 0. The molecule has 0 aliphatic rings. The minimum atomic E-state index is -2.06. The number of hydrogen-bond donors (Lipinski definition) is 3. The van der Waals surface area contributed by atoms with Crippen LogP contribution in [0.4, 0.5) is 0 Å². The fraction of sp³-hybridized carbons (Fsp3) is 1.00. The lowest BCUT2D eigenvalue weighted by Gasteiger charge is -2.35. The Bertz CT molecular complexity index is 187. The Labute approximate surface area is 101 Å². The van der Waals surface area contributed by atoms with Crippen molar-refractivity contribution in [1.29, 1.82) is 0 Å². The fourth-order valence-corrected chi connectivity index (χ4v) is 2.31. The average molecular weight is 248 g/mol. The average Bonchev–Trinajstić information content (AvgIpc) is 2.15. The molecule has 0 aromatic carbocycles. The van der Waals surface area contributed by atoms with Gasteiger partial charge in [0, 0.05) is 0 Å². The standard InChI is InChI=1S/C12H28O3Si/c1-12(2,16(3,4)15)9-7-5-6-8-11(14)10-13/h11,13-15H,5-10H2,1-4H3. The number of aliphatic hydroxyl groups is 2. The molecule has 1 atom stereocenters. The molecule has 0 spiro atoms. The van der Waals surface area contributed by atoms with E-state index in [9.17, 15) is 4.80 Å². The predicted octanol–water partition coefficient (Wildman–Crippen LogP) is 2.27. The van der Waals surface area contributed by atoms with Crippen LogP contribution in [0.1, 0.15) is 46.0 Å². The third-order valence-electron chi connectivity index (χ3n) is 3.71. The van der Waals surface area contributed by atoms with Crippen molar-refractivity contribution in [3.63, 3.8) is 0 Å². The second-order valence-electron chi connectivity index (χ2n) is 5.88. The van der Waals surface area contributed by atoms with E-state index in [-0.39, 0.29) is 11.6 Å². The van der Waals surface area contributed by atoms with Gasteiger partial charge >= 0.3 is 0 Å². The molecule has 0 saturated heterocycles. The highest BCUT2D eigenvalue weighted by Gasteiger charge is 2.37. The maximum absolute atomic E-state index is 10.1. The molecule has 1 unspecified atom stereocenters. The van der Waals surface area contributed by atoms with Gasteiger partial charge in [0.25, 0.3) is 0 Å². The molecule has 0 bridgehead atoms. The summed E-state index contributed by atoms with van der Waals surface area (Å²) in [5, 5.41) is 17.9. The second kappa shape index (κ2) is 6.74. The highest BCUT2D eigenvalue weighted by Crippen LogP contribution is 2.40. The van der Waals surface area contributed by atoms with Crippen LogP contribution in [0, 0.1) is 0 Å². The van der Waals surface area contributed by atoms with Gasteiger partial charge in [0.05, 0.1) is 12.7 Å². The lowest BCUT2D eigenvalue weighted by molar-refractivity contribution is 0.0859. The van der Waals surface area contributed by atoms with Crippen molar-refractivity contribution in [3.8, 4) is 0 Å². The Kier molecular flexibility index (Phi) is 6.78. The topological polar surface area (TPSA) is 60.7 Å². The SMILES string of the molecule is CC(C)(CCCCCC(O)CO)[Si](C)(C)O. The van der Waals surface area contributed by atoms with E-state index in [0.29, 0.717) is 6.42 Å². The van der Waals surface area contributed by atoms with Gasteiger partial charge in [-0.3, -0.25) is 0 Å². The lowest BCUT2D eigenvalue weighted by atomic mass is 10.0. The maximum Gasteiger partial charge on any atom is 0.188 e. The van der Waals surface area contributed by atoms with Crippen molar-refractivity contribution in [2.24, 2.45) is 0 Å². The fourth-order valence-electron chi connectivity index (χ4n) is 1.52. The zero-order chi connectivity index (χ0) is 12.8. The van der Waals surface area contributed by atoms with Crippen LogP contribution in [0.3, 0.4) is 0 Å². The van der Waals surface area contributed by atoms with Crippen LogP contribution in [-0.4, -0.2) is 36.0 Å². The Morgan fingerprint density at radius 3 is 2.12 bits per heavy atom. The van der Waals surface area contributed by atoms with Crippen molar-refractivity contribution in [3.05, 3.63) is 0 Å². The maximum atomic E-state index is 10.1. The smallest absolute Gasteiger partial charge is 0.188 e. The van der Waals surface area contributed by atoms with E-state index in [0.717, 1.165) is 25.7 Å². The number of rotatable bonds is 8. The Morgan fingerprint density at radius 1 is 1.12 bits per heavy atom. The summed E-state index contributed by atoms with van der Waals surface area (Å²) in [6, 6.07) is 0. The molecule has 0 radical (unpaired) electrons. The van der Waals surface area contributed by atoms with Gasteiger partial charge in [0.1, 0.15) is 0 Å². The molecule has 0 fully saturated rings. The van der Waals surface area contributed by atoms with Crippen LogP contribution in [0.5, 0.6) is 0 Å². The minimum Gasteiger partial charge on any atom is -0.432 e. The monoisotopic (exact) mass is 248 g/mol. The largest absolute Gasteiger partial charge is 0.432 e. The number of unbranched alkanes of at least 4 members (excludes halogenated alkanes) is 2. The zero-order valence-corrected chi connectivity index (χ0v) is 12.2. The minimum absolute atomic E-state index is 0.0581. The van der Waals surface area contributed by atoms with Crippen LogP contribution < -0.4 is 0 Å². The molecule has 0 aliphatic carbocycles. The molecule has 98 valence electrons. The molecule has 0 aliphatic heterocycles. The number of aliphatic hydroxyl groups excluding tert-OH is 2. The Morgan fingerprint density at radius 2 is 1.69 bits per heavy atom. The van der Waals surface area contributed by atoms with Crippen LogP contribution in [0.2, 0.25) is 18.1 Å². The van der Waals surface area contributed by atoms with Gasteiger partial charge in [-0.1, -0.05) is 33.1 Å². The van der Waals surface area contributed by atoms with Gasteiger partial charge in [-0.25, -0.2) is 0 Å². The second-order valence-corrected chi connectivity index (χ2v) is 10.4. The van der Waals surface area contributed by atoms with Crippen LogP contribution in [0.15, 0.2) is 0 Å². The van der Waals surface area contributed by atoms with E-state index in [1.54, 1.807) is 0 Å². The van der Waals surface area contributed by atoms with E-state index in [1.807, 2.05) is 13.1 Å². The third-order valence-corrected chi connectivity index (χ3v) is 7.27. The van der Waals surface area contributed by atoms with E-state index >= 15 is 0 Å². The molecule has 3 nitrogen and oxygen atoms in total. The molecule has 0 amide bonds. The molecule has 4 heteroatoms. The van der Waals surface area contributed by atoms with Gasteiger partial charge in [0.2, 0.25) is 0 Å². The highest BCUT2D eigenvalue weighted by atomic mass is 28.4. The van der Waals surface area contributed by atoms with Crippen molar-refractivity contribution < 1.29 is 15.0 Å². The van der Waals surface area contributed by atoms with Crippen molar-refractivity contribution in [1.82, 2.24) is 0 Å². The van der Waals surface area contributed by atoms with Crippen molar-refractivity contribution in [2.75, 3.05) is 6.61 Å². The van der Waals surface area contributed by atoms with Gasteiger partial charge in [-0.15, -0.1) is 0 Å². The van der Waals surface area contributed by atoms with E-state index < -0.39 is 14.4 Å². The third kappa shape index (κ3) is 5.99. The molecular weight excluding hydrogens is 220 g/mol. The summed E-state index contributed by atoms with van der Waals surface area (Å²) in [6.45, 7) is 8.12. The normalized spacial score (nSPS) is 15.2. The molecule has 0 heterocycles. The Balaban J connectivity index is 3.67. The van der Waals surface area contributed by atoms with Crippen molar-refractivity contribution >= 4 is 8.32 Å². The van der Waals surface area contributed by atoms with Gasteiger partial charge in [-0.2, -0.15) is 0 Å². The van der Waals surface area contributed by atoms with E-state index in [2.05, 4.69) is 13.8 Å². The summed E-state index contributed by atoms with van der Waals surface area (Å²) in [5.41, 5.74) is 0. The first-order chi connectivity index (χ1) is 7.20. The summed E-state index contributed by atoms with van der Waals surface area (Å²) in [5.74, 6) is 0. The van der Waals surface area contributed by atoms with Crippen molar-refractivity contribution in [2.45, 2.75) is 70.2 Å². The lowest BCUT2D eigenvalue weighted by Crippen LogP contribution is -2.38. The number of hydrogen-bond acceptors (Lipinski definition) is 3. The van der Waals surface area contributed by atoms with Gasteiger partial charge in [-0.05, 0) is 31.0 Å². The highest BCUT2D eigenvalue weighted by molar-refractivity contribution is 6.72. The molecule has 0 rings (SSSR count). The van der Waals surface area contributed by atoms with Gasteiger partial charge < -0.3 is 15.0 Å². The zero-order valence-electron chi connectivity index (χ0n) is 11.2. The molecule has 0 aromatic heterocycles. The first-order valence-electron chi connectivity index (χ1n) is 6.22. The van der Waals surface area contributed by atoms with Gasteiger partial charge in [0.15, 0.2) is 8.32 Å². The first kappa shape index (κ1) is 16.1. The van der Waals surface area contributed by atoms with E-state index in [4.69, 9.17) is 10.2 Å². The van der Waals surface area contributed by atoms with Crippen LogP contribution >= 0.6 is 0 Å². The van der Waals surface area contributed by atoms with Crippen LogP contribution in [0.25, 0.3) is 0 Å². The Hall–Kier alpha value is 0.0969. The quantitative estimate of drug-likeness (QED) is 0.456. The van der Waals surface area contributed by atoms with E-state index in [1.165, 1.54) is 0 Å². The summed E-state index contributed by atoms with van der Waals surface area (Å²) in [6.07, 6.45) is 4.25. The summed E-state index contributed by atoms with van der Waals surface area (Å²) in [7, 11) is -2.06. The predicted molar refractivity (Wildman–Crippen MR) is 69.9 cm³/mol. The summed E-state index contributed by atoms with van der Waals surface area (Å²) in [4.78, 5) is 10.1. The molecule has 3 N–H and O–H groups in total. The molecule has 0 saturated carbocycles. The summed E-state index contributed by atoms with van der Waals surface area (Å²) < 4.78 is 0. The van der Waals surface area contributed by atoms with Crippen LogP contribution in [-0.2, 0) is 0 Å².